The first-order valence-electron chi connectivity index (χ1n) is 8.65. The summed E-state index contributed by atoms with van der Waals surface area (Å²) in [4.78, 5) is 14.9. The molecule has 0 aliphatic rings. The summed E-state index contributed by atoms with van der Waals surface area (Å²) < 4.78 is 11.3. The maximum Gasteiger partial charge on any atom is 0.197 e. The number of fused-ring (bicyclic) bond motifs is 1. The first-order chi connectivity index (χ1) is 12.2. The van der Waals surface area contributed by atoms with Gasteiger partial charge in [0.2, 0.25) is 0 Å². The van der Waals surface area contributed by atoms with Gasteiger partial charge in [0.15, 0.2) is 5.43 Å². The van der Waals surface area contributed by atoms with Crippen LogP contribution in [0.3, 0.4) is 0 Å². The molecule has 0 spiro atoms. The van der Waals surface area contributed by atoms with E-state index >= 15 is 0 Å². The predicted molar refractivity (Wildman–Crippen MR) is 99.9 cm³/mol. The van der Waals surface area contributed by atoms with Gasteiger partial charge in [0, 0.05) is 24.2 Å². The lowest BCUT2D eigenvalue weighted by molar-refractivity contribution is 0.259. The van der Waals surface area contributed by atoms with Crippen LogP contribution in [0.2, 0.25) is 0 Å². The Morgan fingerprint density at radius 3 is 2.48 bits per heavy atom. The molecule has 3 aromatic rings. The van der Waals surface area contributed by atoms with Gasteiger partial charge in [-0.3, -0.25) is 9.69 Å². The standard InChI is InChI=1S/C21H23NO3/c1-3-22(13-16-9-5-7-11-19(16)24-4-2)14-17-15-25-20-12-8-6-10-18(20)21(17)23/h5-12,15H,3-4,13-14H2,1-2H3. The van der Waals surface area contributed by atoms with Crippen molar-refractivity contribution in [2.24, 2.45) is 0 Å². The van der Waals surface area contributed by atoms with Crippen LogP contribution in [-0.4, -0.2) is 18.1 Å². The molecule has 0 amide bonds. The smallest absolute Gasteiger partial charge is 0.197 e. The molecule has 0 bridgehead atoms. The minimum Gasteiger partial charge on any atom is -0.494 e. The number of nitrogens with zero attached hydrogens (tertiary/aromatic N) is 1. The van der Waals surface area contributed by atoms with Crippen molar-refractivity contribution in [3.8, 4) is 5.75 Å². The Bertz CT molecular complexity index is 901. The Morgan fingerprint density at radius 2 is 1.68 bits per heavy atom. The minimum atomic E-state index is 0.0402. The second kappa shape index (κ2) is 7.99. The molecule has 0 saturated carbocycles. The number of ether oxygens (including phenoxy) is 1. The zero-order chi connectivity index (χ0) is 17.6. The molecule has 0 N–H and O–H groups in total. The van der Waals surface area contributed by atoms with Crippen LogP contribution in [0.4, 0.5) is 0 Å². The second-order valence-corrected chi connectivity index (χ2v) is 5.93. The highest BCUT2D eigenvalue weighted by Gasteiger charge is 2.13. The van der Waals surface area contributed by atoms with Crippen LogP contribution >= 0.6 is 0 Å². The van der Waals surface area contributed by atoms with Crippen LogP contribution < -0.4 is 10.2 Å². The molecule has 3 rings (SSSR count). The minimum absolute atomic E-state index is 0.0402. The highest BCUT2D eigenvalue weighted by Crippen LogP contribution is 2.21. The molecule has 0 aliphatic heterocycles. The average Bonchev–Trinajstić information content (AvgIpc) is 2.65. The molecule has 0 saturated heterocycles. The first kappa shape index (κ1) is 17.2. The quantitative estimate of drug-likeness (QED) is 0.647. The number of hydrogen-bond donors (Lipinski definition) is 0. The average molecular weight is 337 g/mol. The monoisotopic (exact) mass is 337 g/mol. The SMILES string of the molecule is CCOc1ccccc1CN(CC)Cc1coc2ccccc2c1=O. The fraction of sp³-hybridized carbons (Fsp3) is 0.286. The molecule has 0 unspecified atom stereocenters. The largest absolute Gasteiger partial charge is 0.494 e. The van der Waals surface area contributed by atoms with Crippen LogP contribution in [0.1, 0.15) is 25.0 Å². The summed E-state index contributed by atoms with van der Waals surface area (Å²) >= 11 is 0. The van der Waals surface area contributed by atoms with Crippen LogP contribution in [0.25, 0.3) is 11.0 Å². The van der Waals surface area contributed by atoms with Gasteiger partial charge in [-0.15, -0.1) is 0 Å². The van der Waals surface area contributed by atoms with Crippen LogP contribution in [0.15, 0.2) is 64.0 Å². The molecule has 1 heterocycles. The van der Waals surface area contributed by atoms with E-state index in [0.717, 1.165) is 24.4 Å². The number of para-hydroxylation sites is 2. The third-order valence-corrected chi connectivity index (χ3v) is 4.26. The predicted octanol–water partition coefficient (Wildman–Crippen LogP) is 4.21. The van der Waals surface area contributed by atoms with Gasteiger partial charge in [0.1, 0.15) is 11.3 Å². The highest BCUT2D eigenvalue weighted by atomic mass is 16.5. The fourth-order valence-electron chi connectivity index (χ4n) is 2.92. The highest BCUT2D eigenvalue weighted by molar-refractivity contribution is 5.76. The first-order valence-corrected chi connectivity index (χ1v) is 8.65. The summed E-state index contributed by atoms with van der Waals surface area (Å²) in [5.74, 6) is 0.897. The Balaban J connectivity index is 1.84. The Kier molecular flexibility index (Phi) is 5.51. The van der Waals surface area contributed by atoms with Crippen LogP contribution in [0.5, 0.6) is 5.75 Å². The van der Waals surface area contributed by atoms with Crippen LogP contribution in [0, 0.1) is 0 Å². The third kappa shape index (κ3) is 3.91. The van der Waals surface area contributed by atoms with Crippen molar-refractivity contribution < 1.29 is 9.15 Å². The van der Waals surface area contributed by atoms with Gasteiger partial charge < -0.3 is 9.15 Å². The maximum absolute atomic E-state index is 12.7. The van der Waals surface area contributed by atoms with Gasteiger partial charge in [-0.2, -0.15) is 0 Å². The molecule has 0 radical (unpaired) electrons. The Morgan fingerprint density at radius 1 is 0.960 bits per heavy atom. The third-order valence-electron chi connectivity index (χ3n) is 4.26. The van der Waals surface area contributed by atoms with E-state index in [1.165, 1.54) is 0 Å². The molecule has 4 nitrogen and oxygen atoms in total. The summed E-state index contributed by atoms with van der Waals surface area (Å²) in [6.45, 7) is 6.80. The number of rotatable bonds is 7. The number of benzene rings is 2. The molecule has 0 aliphatic carbocycles. The van der Waals surface area contributed by atoms with Crippen LogP contribution in [-0.2, 0) is 13.1 Å². The lowest BCUT2D eigenvalue weighted by Gasteiger charge is -2.21. The van der Waals surface area contributed by atoms with E-state index in [9.17, 15) is 4.79 Å². The Hall–Kier alpha value is -2.59. The van der Waals surface area contributed by atoms with Gasteiger partial charge in [0.05, 0.1) is 18.3 Å². The normalized spacial score (nSPS) is 11.2. The molecule has 4 heteroatoms. The molecule has 130 valence electrons. The summed E-state index contributed by atoms with van der Waals surface area (Å²) in [7, 11) is 0. The van der Waals surface area contributed by atoms with Gasteiger partial charge in [-0.1, -0.05) is 37.3 Å². The Labute approximate surface area is 147 Å². The summed E-state index contributed by atoms with van der Waals surface area (Å²) in [5, 5.41) is 0.630. The number of hydrogen-bond acceptors (Lipinski definition) is 4. The van der Waals surface area contributed by atoms with Gasteiger partial charge in [0.25, 0.3) is 0 Å². The van der Waals surface area contributed by atoms with E-state index < -0.39 is 0 Å². The van der Waals surface area contributed by atoms with E-state index in [2.05, 4.69) is 17.9 Å². The van der Waals surface area contributed by atoms with Crippen molar-refractivity contribution in [2.45, 2.75) is 26.9 Å². The van der Waals surface area contributed by atoms with E-state index in [0.29, 0.717) is 29.7 Å². The van der Waals surface area contributed by atoms with E-state index in [1.54, 1.807) is 6.26 Å². The molecule has 1 aromatic heterocycles. The summed E-state index contributed by atoms with van der Waals surface area (Å²) in [6, 6.07) is 15.4. The van der Waals surface area contributed by atoms with Gasteiger partial charge in [-0.05, 0) is 31.7 Å². The summed E-state index contributed by atoms with van der Waals surface area (Å²) in [6.07, 6.45) is 1.59. The van der Waals surface area contributed by atoms with E-state index in [-0.39, 0.29) is 5.43 Å². The zero-order valence-electron chi connectivity index (χ0n) is 14.7. The lowest BCUT2D eigenvalue weighted by atomic mass is 10.1. The fourth-order valence-corrected chi connectivity index (χ4v) is 2.92. The molecular formula is C21H23NO3. The van der Waals surface area contributed by atoms with Crippen molar-refractivity contribution >= 4 is 11.0 Å². The lowest BCUT2D eigenvalue weighted by Crippen LogP contribution is -2.26. The van der Waals surface area contributed by atoms with Gasteiger partial charge in [-0.25, -0.2) is 0 Å². The van der Waals surface area contributed by atoms with Gasteiger partial charge >= 0.3 is 0 Å². The van der Waals surface area contributed by atoms with Crippen molar-refractivity contribution in [2.75, 3.05) is 13.2 Å². The molecular weight excluding hydrogens is 314 g/mol. The van der Waals surface area contributed by atoms with E-state index in [1.807, 2.05) is 49.4 Å². The molecule has 0 fully saturated rings. The zero-order valence-corrected chi connectivity index (χ0v) is 14.7. The molecule has 2 aromatic carbocycles. The van der Waals surface area contributed by atoms with Crippen molar-refractivity contribution in [1.29, 1.82) is 0 Å². The molecule has 25 heavy (non-hydrogen) atoms. The topological polar surface area (TPSA) is 42.7 Å². The maximum atomic E-state index is 12.7. The van der Waals surface area contributed by atoms with E-state index in [4.69, 9.17) is 9.15 Å². The van der Waals surface area contributed by atoms with Crippen molar-refractivity contribution in [3.63, 3.8) is 0 Å². The van der Waals surface area contributed by atoms with Crippen molar-refractivity contribution in [1.82, 2.24) is 4.90 Å². The molecule has 0 atom stereocenters. The second-order valence-electron chi connectivity index (χ2n) is 5.93. The van der Waals surface area contributed by atoms with Crippen molar-refractivity contribution in [3.05, 3.63) is 76.1 Å². The summed E-state index contributed by atoms with van der Waals surface area (Å²) in [5.41, 5.74) is 2.46.